The van der Waals surface area contributed by atoms with Crippen molar-refractivity contribution in [2.45, 2.75) is 26.4 Å². The van der Waals surface area contributed by atoms with E-state index >= 15 is 0 Å². The maximum absolute atomic E-state index is 14.0. The molecular weight excluding hydrogens is 341 g/mol. The zero-order valence-electron chi connectivity index (χ0n) is 15.4. The number of benzene rings is 2. The zero-order valence-corrected chi connectivity index (χ0v) is 15.4. The summed E-state index contributed by atoms with van der Waals surface area (Å²) >= 11 is 0. The van der Waals surface area contributed by atoms with Crippen LogP contribution in [0, 0.1) is 11.7 Å². The smallest absolute Gasteiger partial charge is 0.318 e. The van der Waals surface area contributed by atoms with E-state index < -0.39 is 5.82 Å². The molecule has 3 aromatic rings. The third-order valence-electron chi connectivity index (χ3n) is 5.02. The molecule has 2 aromatic carbocycles. The van der Waals surface area contributed by atoms with Crippen LogP contribution >= 0.6 is 0 Å². The summed E-state index contributed by atoms with van der Waals surface area (Å²) in [4.78, 5) is 15.0. The summed E-state index contributed by atoms with van der Waals surface area (Å²) in [5.74, 6) is -0.245. The summed E-state index contributed by atoms with van der Waals surface area (Å²) in [5, 5.41) is 2.75. The van der Waals surface area contributed by atoms with Gasteiger partial charge in [0.15, 0.2) is 0 Å². The number of hydrogen-bond acceptors (Lipinski definition) is 1. The second kappa shape index (κ2) is 6.91. The van der Waals surface area contributed by atoms with Gasteiger partial charge in [0, 0.05) is 11.9 Å². The Morgan fingerprint density at radius 3 is 2.59 bits per heavy atom. The number of anilines is 1. The molecule has 0 radical (unpaired) electrons. The molecule has 0 saturated carbocycles. The number of para-hydroxylation sites is 2. The second-order valence-corrected chi connectivity index (χ2v) is 7.16. The van der Waals surface area contributed by atoms with Gasteiger partial charge in [0.25, 0.3) is 0 Å². The molecule has 1 aromatic heterocycles. The van der Waals surface area contributed by atoms with E-state index in [4.69, 9.17) is 0 Å². The number of carbonyl (C=O) groups is 1. The van der Waals surface area contributed by atoms with Crippen molar-refractivity contribution in [3.05, 3.63) is 83.9 Å². The summed E-state index contributed by atoms with van der Waals surface area (Å²) in [6.45, 7) is 4.66. The SMILES string of the molecule is CC(C)[C@H]1c2cccn2-c2ccccc2CN1C(=O)Nc1ccccc1F. The first kappa shape index (κ1) is 17.3. The molecule has 2 heterocycles. The monoisotopic (exact) mass is 363 g/mol. The minimum atomic E-state index is -0.439. The molecule has 0 spiro atoms. The molecule has 0 fully saturated rings. The molecule has 1 aliphatic rings. The van der Waals surface area contributed by atoms with E-state index in [1.807, 2.05) is 30.5 Å². The number of nitrogens with one attached hydrogen (secondary N) is 1. The normalized spacial score (nSPS) is 15.9. The summed E-state index contributed by atoms with van der Waals surface area (Å²) in [7, 11) is 0. The number of rotatable bonds is 2. The number of halogens is 1. The summed E-state index contributed by atoms with van der Waals surface area (Å²) in [5.41, 5.74) is 3.38. The fraction of sp³-hybridized carbons (Fsp3) is 0.227. The van der Waals surface area contributed by atoms with E-state index in [0.717, 1.165) is 16.9 Å². The third kappa shape index (κ3) is 3.10. The Bertz CT molecular complexity index is 979. The standard InChI is InChI=1S/C22H22FN3O/c1-15(2)21-20-12-7-13-25(20)19-11-6-3-8-16(19)14-26(21)22(27)24-18-10-5-4-9-17(18)23/h3-13,15,21H,14H2,1-2H3,(H,24,27)/t21-/m0/s1. The van der Waals surface area contributed by atoms with Gasteiger partial charge in [0.05, 0.1) is 24.0 Å². The van der Waals surface area contributed by atoms with E-state index in [1.54, 1.807) is 23.1 Å². The van der Waals surface area contributed by atoms with Crippen molar-refractivity contribution in [2.24, 2.45) is 5.92 Å². The highest BCUT2D eigenvalue weighted by molar-refractivity contribution is 5.90. The molecule has 0 aliphatic carbocycles. The zero-order chi connectivity index (χ0) is 19.0. The van der Waals surface area contributed by atoms with Gasteiger partial charge in [-0.2, -0.15) is 0 Å². The van der Waals surface area contributed by atoms with Gasteiger partial charge in [-0.25, -0.2) is 9.18 Å². The molecule has 0 bridgehead atoms. The molecule has 1 atom stereocenters. The first-order valence-corrected chi connectivity index (χ1v) is 9.14. The van der Waals surface area contributed by atoms with Crippen LogP contribution in [0.5, 0.6) is 0 Å². The summed E-state index contributed by atoms with van der Waals surface area (Å²) in [6, 6.07) is 17.9. The van der Waals surface area contributed by atoms with Crippen LogP contribution in [0.15, 0.2) is 66.9 Å². The Balaban J connectivity index is 1.77. The predicted molar refractivity (Wildman–Crippen MR) is 104 cm³/mol. The lowest BCUT2D eigenvalue weighted by atomic mass is 9.99. The molecule has 2 amide bonds. The van der Waals surface area contributed by atoms with Crippen LogP contribution in [0.1, 0.15) is 31.1 Å². The van der Waals surface area contributed by atoms with Crippen molar-refractivity contribution in [2.75, 3.05) is 5.32 Å². The third-order valence-corrected chi connectivity index (χ3v) is 5.02. The van der Waals surface area contributed by atoms with Crippen molar-refractivity contribution in [1.29, 1.82) is 0 Å². The van der Waals surface area contributed by atoms with E-state index in [-0.39, 0.29) is 23.7 Å². The highest BCUT2D eigenvalue weighted by Crippen LogP contribution is 2.36. The average molecular weight is 363 g/mol. The van der Waals surface area contributed by atoms with Gasteiger partial charge in [0.2, 0.25) is 0 Å². The van der Waals surface area contributed by atoms with Crippen LogP contribution in [0.25, 0.3) is 5.69 Å². The largest absolute Gasteiger partial charge is 0.322 e. The van der Waals surface area contributed by atoms with Crippen molar-refractivity contribution in [1.82, 2.24) is 9.47 Å². The molecule has 1 aliphatic heterocycles. The van der Waals surface area contributed by atoms with Crippen molar-refractivity contribution in [3.8, 4) is 5.69 Å². The number of urea groups is 1. The maximum atomic E-state index is 14.0. The van der Waals surface area contributed by atoms with Crippen LogP contribution in [0.4, 0.5) is 14.9 Å². The van der Waals surface area contributed by atoms with Crippen molar-refractivity contribution >= 4 is 11.7 Å². The molecule has 0 saturated heterocycles. The Labute approximate surface area is 158 Å². The Morgan fingerprint density at radius 2 is 1.81 bits per heavy atom. The van der Waals surface area contributed by atoms with Gasteiger partial charge in [-0.1, -0.05) is 44.2 Å². The van der Waals surface area contributed by atoms with Gasteiger partial charge >= 0.3 is 6.03 Å². The summed E-state index contributed by atoms with van der Waals surface area (Å²) in [6.07, 6.45) is 2.03. The fourth-order valence-corrected chi connectivity index (χ4v) is 3.82. The van der Waals surface area contributed by atoms with E-state index in [1.165, 1.54) is 6.07 Å². The lowest BCUT2D eigenvalue weighted by molar-refractivity contribution is 0.162. The van der Waals surface area contributed by atoms with E-state index in [0.29, 0.717) is 6.54 Å². The number of hydrogen-bond donors (Lipinski definition) is 1. The minimum Gasteiger partial charge on any atom is -0.318 e. The Morgan fingerprint density at radius 1 is 1.07 bits per heavy atom. The molecule has 1 N–H and O–H groups in total. The Hall–Kier alpha value is -3.08. The number of aromatic nitrogens is 1. The van der Waals surface area contributed by atoms with Crippen molar-refractivity contribution in [3.63, 3.8) is 0 Å². The molecule has 27 heavy (non-hydrogen) atoms. The van der Waals surface area contributed by atoms with Crippen LogP contribution in [-0.4, -0.2) is 15.5 Å². The maximum Gasteiger partial charge on any atom is 0.322 e. The number of fused-ring (bicyclic) bond motifs is 3. The fourth-order valence-electron chi connectivity index (χ4n) is 3.82. The van der Waals surface area contributed by atoms with E-state index in [2.05, 4.69) is 35.9 Å². The lowest BCUT2D eigenvalue weighted by Gasteiger charge is -2.33. The first-order valence-electron chi connectivity index (χ1n) is 9.14. The average Bonchev–Trinajstić information content (AvgIpc) is 3.07. The Kier molecular flexibility index (Phi) is 4.44. The molecule has 5 heteroatoms. The van der Waals surface area contributed by atoms with Crippen molar-refractivity contribution < 1.29 is 9.18 Å². The van der Waals surface area contributed by atoms with Crippen LogP contribution < -0.4 is 5.32 Å². The first-order chi connectivity index (χ1) is 13.1. The molecule has 4 nitrogen and oxygen atoms in total. The number of nitrogens with zero attached hydrogens (tertiary/aromatic N) is 2. The van der Waals surface area contributed by atoms with Crippen LogP contribution in [0.3, 0.4) is 0 Å². The predicted octanol–water partition coefficient (Wildman–Crippen LogP) is 5.36. The van der Waals surface area contributed by atoms with Gasteiger partial charge in [-0.3, -0.25) is 0 Å². The van der Waals surface area contributed by atoms with Gasteiger partial charge < -0.3 is 14.8 Å². The van der Waals surface area contributed by atoms with Crippen LogP contribution in [0.2, 0.25) is 0 Å². The topological polar surface area (TPSA) is 37.3 Å². The quantitative estimate of drug-likeness (QED) is 0.654. The second-order valence-electron chi connectivity index (χ2n) is 7.16. The molecule has 0 unspecified atom stereocenters. The minimum absolute atomic E-state index is 0.126. The highest BCUT2D eigenvalue weighted by atomic mass is 19.1. The molecule has 138 valence electrons. The highest BCUT2D eigenvalue weighted by Gasteiger charge is 2.33. The summed E-state index contributed by atoms with van der Waals surface area (Å²) < 4.78 is 16.2. The number of amides is 2. The lowest BCUT2D eigenvalue weighted by Crippen LogP contribution is -2.39. The number of carbonyl (C=O) groups excluding carboxylic acids is 1. The van der Waals surface area contributed by atoms with Gasteiger partial charge in [-0.15, -0.1) is 0 Å². The van der Waals surface area contributed by atoms with Gasteiger partial charge in [0.1, 0.15) is 5.82 Å². The van der Waals surface area contributed by atoms with Crippen LogP contribution in [-0.2, 0) is 6.54 Å². The van der Waals surface area contributed by atoms with Gasteiger partial charge in [-0.05, 0) is 41.8 Å². The molecule has 4 rings (SSSR count). The van der Waals surface area contributed by atoms with E-state index in [9.17, 15) is 9.18 Å². The molecular formula is C22H22FN3O.